The third-order valence-electron chi connectivity index (χ3n) is 1.32. The highest BCUT2D eigenvalue weighted by Crippen LogP contribution is 2.14. The maximum atomic E-state index is 9.10. The maximum Gasteiger partial charge on any atom is 0.111 e. The summed E-state index contributed by atoms with van der Waals surface area (Å²) in [6, 6.07) is 0. The van der Waals surface area contributed by atoms with E-state index in [1.54, 1.807) is 17.8 Å². The van der Waals surface area contributed by atoms with Crippen LogP contribution in [0, 0.1) is 0 Å². The number of hydrogen-bond donors (Lipinski definition) is 1. The van der Waals surface area contributed by atoms with E-state index in [4.69, 9.17) is 5.11 Å². The van der Waals surface area contributed by atoms with Crippen LogP contribution in [0.2, 0.25) is 0 Å². The van der Waals surface area contributed by atoms with E-state index in [1.165, 1.54) is 0 Å². The fourth-order valence-corrected chi connectivity index (χ4v) is 0.928. The van der Waals surface area contributed by atoms with Crippen LogP contribution in [0.25, 0.3) is 0 Å². The van der Waals surface area contributed by atoms with E-state index in [0.717, 1.165) is 0 Å². The Morgan fingerprint density at radius 2 is 2.27 bits per heavy atom. The molecule has 11 heavy (non-hydrogen) atoms. The molecule has 4 nitrogen and oxygen atoms in total. The van der Waals surface area contributed by atoms with Gasteiger partial charge >= 0.3 is 0 Å². The molecule has 0 amide bonds. The standard InChI is InChI=1S/C6H10IN3O/c1-4(11)6-3-10(5(2)7)9-8-6/h3-5,11H,1-2H3. The van der Waals surface area contributed by atoms with Crippen LogP contribution in [0.1, 0.15) is 29.7 Å². The van der Waals surface area contributed by atoms with E-state index in [9.17, 15) is 0 Å². The lowest BCUT2D eigenvalue weighted by molar-refractivity contribution is 0.194. The van der Waals surface area contributed by atoms with Crippen molar-refractivity contribution in [2.45, 2.75) is 24.0 Å². The molecule has 1 aromatic heterocycles. The van der Waals surface area contributed by atoms with Gasteiger partial charge in [-0.25, -0.2) is 4.68 Å². The second kappa shape index (κ2) is 3.48. The zero-order chi connectivity index (χ0) is 8.43. The topological polar surface area (TPSA) is 50.9 Å². The summed E-state index contributed by atoms with van der Waals surface area (Å²) >= 11 is 2.22. The molecule has 2 atom stereocenters. The summed E-state index contributed by atoms with van der Waals surface area (Å²) in [6.45, 7) is 3.67. The van der Waals surface area contributed by atoms with Crippen LogP contribution in [0.5, 0.6) is 0 Å². The van der Waals surface area contributed by atoms with Crippen molar-refractivity contribution in [1.82, 2.24) is 15.0 Å². The molecule has 0 bridgehead atoms. The molecule has 0 spiro atoms. The Balaban J connectivity index is 2.82. The predicted molar refractivity (Wildman–Crippen MR) is 49.4 cm³/mol. The smallest absolute Gasteiger partial charge is 0.111 e. The number of halogens is 1. The van der Waals surface area contributed by atoms with Crippen molar-refractivity contribution in [3.05, 3.63) is 11.9 Å². The zero-order valence-electron chi connectivity index (χ0n) is 6.40. The molecule has 0 aliphatic heterocycles. The average Bonchev–Trinajstić information content (AvgIpc) is 2.33. The summed E-state index contributed by atoms with van der Waals surface area (Å²) < 4.78 is 1.98. The van der Waals surface area contributed by atoms with Crippen LogP contribution < -0.4 is 0 Å². The number of hydrogen-bond acceptors (Lipinski definition) is 3. The van der Waals surface area contributed by atoms with Gasteiger partial charge in [0.15, 0.2) is 0 Å². The first kappa shape index (κ1) is 8.92. The maximum absolute atomic E-state index is 9.10. The van der Waals surface area contributed by atoms with Gasteiger partial charge < -0.3 is 5.11 Å². The van der Waals surface area contributed by atoms with Crippen LogP contribution in [0.4, 0.5) is 0 Å². The van der Waals surface area contributed by atoms with Crippen LogP contribution in [0.15, 0.2) is 6.20 Å². The van der Waals surface area contributed by atoms with Crippen molar-refractivity contribution in [2.24, 2.45) is 0 Å². The molecular weight excluding hydrogens is 257 g/mol. The number of aliphatic hydroxyl groups is 1. The quantitative estimate of drug-likeness (QED) is 0.648. The van der Waals surface area contributed by atoms with E-state index >= 15 is 0 Å². The van der Waals surface area contributed by atoms with Crippen molar-refractivity contribution in [3.8, 4) is 0 Å². The van der Waals surface area contributed by atoms with Gasteiger partial charge in [0.2, 0.25) is 0 Å². The Kier molecular flexibility index (Phi) is 2.83. The van der Waals surface area contributed by atoms with Gasteiger partial charge in [-0.1, -0.05) is 27.8 Å². The lowest BCUT2D eigenvalue weighted by Gasteiger charge is -1.99. The van der Waals surface area contributed by atoms with Gasteiger partial charge in [0, 0.05) is 0 Å². The molecule has 62 valence electrons. The third-order valence-corrected chi connectivity index (χ3v) is 1.89. The fourth-order valence-electron chi connectivity index (χ4n) is 0.656. The van der Waals surface area contributed by atoms with Gasteiger partial charge in [-0.2, -0.15) is 0 Å². The molecule has 0 radical (unpaired) electrons. The molecule has 1 rings (SSSR count). The molecule has 1 N–H and O–H groups in total. The second-order valence-corrected chi connectivity index (χ2v) is 4.18. The fraction of sp³-hybridized carbons (Fsp3) is 0.667. The molecule has 0 fully saturated rings. The molecule has 0 aromatic carbocycles. The number of nitrogens with zero attached hydrogens (tertiary/aromatic N) is 3. The van der Waals surface area contributed by atoms with Gasteiger partial charge in [0.1, 0.15) is 9.74 Å². The Morgan fingerprint density at radius 3 is 2.55 bits per heavy atom. The Morgan fingerprint density at radius 1 is 1.64 bits per heavy atom. The lowest BCUT2D eigenvalue weighted by Crippen LogP contribution is -1.97. The summed E-state index contributed by atoms with van der Waals surface area (Å²) in [5.74, 6) is 0. The molecule has 0 saturated carbocycles. The SMILES string of the molecule is CC(O)c1cn(C(C)I)nn1. The minimum absolute atomic E-state index is 0.271. The van der Waals surface area contributed by atoms with Gasteiger partial charge in [0.05, 0.1) is 12.3 Å². The molecule has 5 heteroatoms. The van der Waals surface area contributed by atoms with E-state index in [0.29, 0.717) is 5.69 Å². The van der Waals surface area contributed by atoms with Gasteiger partial charge in [0.25, 0.3) is 0 Å². The number of aromatic nitrogens is 3. The second-order valence-electron chi connectivity index (χ2n) is 2.37. The number of alkyl halides is 1. The van der Waals surface area contributed by atoms with E-state index in [2.05, 4.69) is 32.9 Å². The van der Waals surface area contributed by atoms with Gasteiger partial charge in [-0.05, 0) is 13.8 Å². The predicted octanol–water partition coefficient (Wildman–Crippen LogP) is 1.28. The van der Waals surface area contributed by atoms with Crippen LogP contribution in [0.3, 0.4) is 0 Å². The van der Waals surface area contributed by atoms with Crippen molar-refractivity contribution >= 4 is 22.6 Å². The highest BCUT2D eigenvalue weighted by atomic mass is 127. The van der Waals surface area contributed by atoms with Gasteiger partial charge in [-0.15, -0.1) is 5.10 Å². The molecule has 0 saturated heterocycles. The summed E-state index contributed by atoms with van der Waals surface area (Å²) in [7, 11) is 0. The minimum atomic E-state index is -0.529. The van der Waals surface area contributed by atoms with Crippen molar-refractivity contribution in [1.29, 1.82) is 0 Å². The van der Waals surface area contributed by atoms with Gasteiger partial charge in [-0.3, -0.25) is 0 Å². The largest absolute Gasteiger partial charge is 0.387 e. The van der Waals surface area contributed by atoms with Crippen LogP contribution in [-0.2, 0) is 0 Å². The van der Waals surface area contributed by atoms with Crippen molar-refractivity contribution in [2.75, 3.05) is 0 Å². The highest BCUT2D eigenvalue weighted by Gasteiger charge is 2.07. The van der Waals surface area contributed by atoms with Crippen molar-refractivity contribution in [3.63, 3.8) is 0 Å². The molecule has 2 unspecified atom stereocenters. The van der Waals surface area contributed by atoms with E-state index in [1.807, 2.05) is 6.92 Å². The Labute approximate surface area is 78.7 Å². The summed E-state index contributed by atoms with van der Waals surface area (Å²) in [5, 5.41) is 16.7. The van der Waals surface area contributed by atoms with E-state index in [-0.39, 0.29) is 4.05 Å². The Bertz CT molecular complexity index is 211. The lowest BCUT2D eigenvalue weighted by atomic mass is 10.3. The normalized spacial score (nSPS) is 16.4. The van der Waals surface area contributed by atoms with Crippen LogP contribution in [-0.4, -0.2) is 20.1 Å². The number of aliphatic hydroxyl groups excluding tert-OH is 1. The van der Waals surface area contributed by atoms with Crippen LogP contribution >= 0.6 is 22.6 Å². The molecule has 0 aliphatic rings. The first-order valence-electron chi connectivity index (χ1n) is 3.35. The molecule has 1 heterocycles. The summed E-state index contributed by atoms with van der Waals surface area (Å²) in [5.41, 5.74) is 0.619. The molecular formula is C6H10IN3O. The first-order valence-corrected chi connectivity index (χ1v) is 4.59. The summed E-state index contributed by atoms with van der Waals surface area (Å²) in [6.07, 6.45) is 1.22. The Hall–Kier alpha value is -0.170. The molecule has 1 aromatic rings. The monoisotopic (exact) mass is 267 g/mol. The molecule has 0 aliphatic carbocycles. The summed E-state index contributed by atoms with van der Waals surface area (Å²) in [4.78, 5) is 0. The average molecular weight is 267 g/mol. The third kappa shape index (κ3) is 2.13. The zero-order valence-corrected chi connectivity index (χ0v) is 8.56. The highest BCUT2D eigenvalue weighted by molar-refractivity contribution is 14.1. The van der Waals surface area contributed by atoms with E-state index < -0.39 is 6.10 Å². The minimum Gasteiger partial charge on any atom is -0.387 e. The first-order chi connectivity index (χ1) is 5.11. The number of rotatable bonds is 2. The van der Waals surface area contributed by atoms with Crippen molar-refractivity contribution < 1.29 is 5.11 Å².